The second-order valence-corrected chi connectivity index (χ2v) is 5.80. The van der Waals surface area contributed by atoms with Gasteiger partial charge in [0.2, 0.25) is 5.91 Å². The van der Waals surface area contributed by atoms with Crippen molar-refractivity contribution in [3.8, 4) is 11.5 Å². The van der Waals surface area contributed by atoms with Gasteiger partial charge in [-0.05, 0) is 62.7 Å². The molecule has 0 aromatic heterocycles. The van der Waals surface area contributed by atoms with Crippen molar-refractivity contribution in [3.05, 3.63) is 48.0 Å². The Bertz CT molecular complexity index is 682. The number of carbonyl (C=O) groups is 1. The van der Waals surface area contributed by atoms with E-state index in [9.17, 15) is 4.79 Å². The first-order valence-corrected chi connectivity index (χ1v) is 7.93. The SMILES string of the molecule is COc1ccc(C)cc1NC(=O)CNc1ccc(OC(C)C)cc1. The summed E-state index contributed by atoms with van der Waals surface area (Å²) in [5.41, 5.74) is 2.59. The van der Waals surface area contributed by atoms with E-state index in [0.29, 0.717) is 11.4 Å². The topological polar surface area (TPSA) is 59.6 Å². The van der Waals surface area contributed by atoms with Gasteiger partial charge in [0, 0.05) is 5.69 Å². The number of hydrogen-bond donors (Lipinski definition) is 2. The van der Waals surface area contributed by atoms with Crippen molar-refractivity contribution < 1.29 is 14.3 Å². The maximum Gasteiger partial charge on any atom is 0.243 e. The predicted octanol–water partition coefficient (Wildman–Crippen LogP) is 3.84. The van der Waals surface area contributed by atoms with E-state index in [1.165, 1.54) is 0 Å². The minimum absolute atomic E-state index is 0.138. The summed E-state index contributed by atoms with van der Waals surface area (Å²) in [5, 5.41) is 5.95. The first-order valence-electron chi connectivity index (χ1n) is 7.93. The highest BCUT2D eigenvalue weighted by molar-refractivity contribution is 5.95. The molecule has 0 fully saturated rings. The summed E-state index contributed by atoms with van der Waals surface area (Å²) in [6.07, 6.45) is 0.138. The minimum atomic E-state index is -0.138. The normalized spacial score (nSPS) is 10.4. The van der Waals surface area contributed by atoms with Crippen LogP contribution in [0.5, 0.6) is 11.5 Å². The maximum atomic E-state index is 12.1. The average Bonchev–Trinajstić information content (AvgIpc) is 2.54. The van der Waals surface area contributed by atoms with Crippen LogP contribution in [0.4, 0.5) is 11.4 Å². The third-order valence-corrected chi connectivity index (χ3v) is 3.31. The quantitative estimate of drug-likeness (QED) is 0.811. The van der Waals surface area contributed by atoms with Crippen molar-refractivity contribution in [2.75, 3.05) is 24.3 Å². The Morgan fingerprint density at radius 3 is 2.46 bits per heavy atom. The first kappa shape index (κ1) is 17.7. The van der Waals surface area contributed by atoms with E-state index < -0.39 is 0 Å². The molecule has 0 radical (unpaired) electrons. The molecule has 1 amide bonds. The first-order chi connectivity index (χ1) is 11.5. The Kier molecular flexibility index (Phi) is 6.07. The molecule has 24 heavy (non-hydrogen) atoms. The van der Waals surface area contributed by atoms with Gasteiger partial charge in [0.15, 0.2) is 0 Å². The zero-order valence-electron chi connectivity index (χ0n) is 14.6. The van der Waals surface area contributed by atoms with Crippen molar-refractivity contribution in [1.29, 1.82) is 0 Å². The molecule has 2 rings (SSSR count). The highest BCUT2D eigenvalue weighted by Crippen LogP contribution is 2.25. The van der Waals surface area contributed by atoms with Crippen LogP contribution in [-0.4, -0.2) is 25.7 Å². The van der Waals surface area contributed by atoms with Gasteiger partial charge in [0.25, 0.3) is 0 Å². The Labute approximate surface area is 143 Å². The third-order valence-electron chi connectivity index (χ3n) is 3.31. The van der Waals surface area contributed by atoms with Crippen LogP contribution in [0.2, 0.25) is 0 Å². The van der Waals surface area contributed by atoms with E-state index in [-0.39, 0.29) is 18.6 Å². The van der Waals surface area contributed by atoms with E-state index in [2.05, 4.69) is 10.6 Å². The van der Waals surface area contributed by atoms with Crippen molar-refractivity contribution >= 4 is 17.3 Å². The zero-order chi connectivity index (χ0) is 17.5. The van der Waals surface area contributed by atoms with Crippen LogP contribution in [0, 0.1) is 6.92 Å². The van der Waals surface area contributed by atoms with E-state index in [0.717, 1.165) is 17.0 Å². The van der Waals surface area contributed by atoms with E-state index >= 15 is 0 Å². The molecule has 128 valence electrons. The van der Waals surface area contributed by atoms with Gasteiger partial charge in [-0.1, -0.05) is 6.07 Å². The highest BCUT2D eigenvalue weighted by atomic mass is 16.5. The molecule has 0 saturated heterocycles. The lowest BCUT2D eigenvalue weighted by molar-refractivity contribution is -0.114. The van der Waals surface area contributed by atoms with Gasteiger partial charge >= 0.3 is 0 Å². The van der Waals surface area contributed by atoms with Gasteiger partial charge in [-0.15, -0.1) is 0 Å². The van der Waals surface area contributed by atoms with Crippen LogP contribution in [0.1, 0.15) is 19.4 Å². The number of methoxy groups -OCH3 is 1. The molecule has 0 spiro atoms. The van der Waals surface area contributed by atoms with Crippen molar-refractivity contribution in [3.63, 3.8) is 0 Å². The molecule has 5 heteroatoms. The molecule has 2 aromatic carbocycles. The zero-order valence-corrected chi connectivity index (χ0v) is 14.6. The predicted molar refractivity (Wildman–Crippen MR) is 97.1 cm³/mol. The minimum Gasteiger partial charge on any atom is -0.495 e. The van der Waals surface area contributed by atoms with Crippen molar-refractivity contribution in [2.24, 2.45) is 0 Å². The lowest BCUT2D eigenvalue weighted by atomic mass is 10.2. The Morgan fingerprint density at radius 1 is 1.12 bits per heavy atom. The van der Waals surface area contributed by atoms with Gasteiger partial charge in [-0.3, -0.25) is 4.79 Å². The van der Waals surface area contributed by atoms with Crippen LogP contribution < -0.4 is 20.1 Å². The summed E-state index contributed by atoms with van der Waals surface area (Å²) < 4.78 is 10.8. The molecule has 0 atom stereocenters. The fraction of sp³-hybridized carbons (Fsp3) is 0.316. The van der Waals surface area contributed by atoms with Crippen molar-refractivity contribution in [2.45, 2.75) is 26.9 Å². The number of aryl methyl sites for hydroxylation is 1. The fourth-order valence-electron chi connectivity index (χ4n) is 2.22. The lowest BCUT2D eigenvalue weighted by Gasteiger charge is -2.13. The lowest BCUT2D eigenvalue weighted by Crippen LogP contribution is -2.22. The van der Waals surface area contributed by atoms with E-state index in [1.54, 1.807) is 7.11 Å². The van der Waals surface area contributed by atoms with Gasteiger partial charge < -0.3 is 20.1 Å². The molecule has 0 unspecified atom stereocenters. The molecule has 0 aliphatic heterocycles. The number of benzene rings is 2. The molecule has 5 nitrogen and oxygen atoms in total. The smallest absolute Gasteiger partial charge is 0.243 e. The molecule has 2 N–H and O–H groups in total. The van der Waals surface area contributed by atoms with E-state index in [1.807, 2.05) is 63.2 Å². The summed E-state index contributed by atoms with van der Waals surface area (Å²) in [5.74, 6) is 1.31. The summed E-state index contributed by atoms with van der Waals surface area (Å²) in [6.45, 7) is 6.10. The highest BCUT2D eigenvalue weighted by Gasteiger charge is 2.08. The summed E-state index contributed by atoms with van der Waals surface area (Å²) >= 11 is 0. The molecular formula is C19H24N2O3. The van der Waals surface area contributed by atoms with Crippen LogP contribution in [-0.2, 0) is 4.79 Å². The largest absolute Gasteiger partial charge is 0.495 e. The standard InChI is InChI=1S/C19H24N2O3/c1-13(2)24-16-8-6-15(7-9-16)20-12-19(22)21-17-11-14(3)5-10-18(17)23-4/h5-11,13,20H,12H2,1-4H3,(H,21,22). The van der Waals surface area contributed by atoms with Crippen molar-refractivity contribution in [1.82, 2.24) is 0 Å². The number of nitrogens with one attached hydrogen (secondary N) is 2. The third kappa shape index (κ3) is 5.19. The number of anilines is 2. The molecule has 2 aromatic rings. The van der Waals surface area contributed by atoms with E-state index in [4.69, 9.17) is 9.47 Å². The van der Waals surface area contributed by atoms with Gasteiger partial charge in [0.1, 0.15) is 11.5 Å². The van der Waals surface area contributed by atoms with Crippen LogP contribution >= 0.6 is 0 Å². The summed E-state index contributed by atoms with van der Waals surface area (Å²) in [6, 6.07) is 13.2. The van der Waals surface area contributed by atoms with Gasteiger partial charge in [0.05, 0.1) is 25.4 Å². The monoisotopic (exact) mass is 328 g/mol. The van der Waals surface area contributed by atoms with Gasteiger partial charge in [-0.25, -0.2) is 0 Å². The van der Waals surface area contributed by atoms with Gasteiger partial charge in [-0.2, -0.15) is 0 Å². The number of carbonyl (C=O) groups excluding carboxylic acids is 1. The summed E-state index contributed by atoms with van der Waals surface area (Å²) in [4.78, 5) is 12.1. The molecule has 0 heterocycles. The number of hydrogen-bond acceptors (Lipinski definition) is 4. The average molecular weight is 328 g/mol. The number of rotatable bonds is 7. The summed E-state index contributed by atoms with van der Waals surface area (Å²) in [7, 11) is 1.58. The Hall–Kier alpha value is -2.69. The fourth-order valence-corrected chi connectivity index (χ4v) is 2.22. The molecule has 0 aliphatic carbocycles. The molecule has 0 aliphatic rings. The molecule has 0 saturated carbocycles. The van der Waals surface area contributed by atoms with Crippen LogP contribution in [0.25, 0.3) is 0 Å². The Balaban J connectivity index is 1.90. The number of ether oxygens (including phenoxy) is 2. The molecule has 0 bridgehead atoms. The van der Waals surface area contributed by atoms with Crippen LogP contribution in [0.15, 0.2) is 42.5 Å². The Morgan fingerprint density at radius 2 is 1.83 bits per heavy atom. The second kappa shape index (κ2) is 8.24. The molecular weight excluding hydrogens is 304 g/mol. The maximum absolute atomic E-state index is 12.1. The van der Waals surface area contributed by atoms with Crippen LogP contribution in [0.3, 0.4) is 0 Å². The number of amides is 1. The second-order valence-electron chi connectivity index (χ2n) is 5.80.